The van der Waals surface area contributed by atoms with E-state index in [1.165, 1.54) is 12.1 Å². The van der Waals surface area contributed by atoms with Gasteiger partial charge in [-0.2, -0.15) is 23.3 Å². The summed E-state index contributed by atoms with van der Waals surface area (Å²) in [7, 11) is 1.70. The molecule has 0 unspecified atom stereocenters. The van der Waals surface area contributed by atoms with Crippen molar-refractivity contribution in [1.29, 1.82) is 0 Å². The van der Waals surface area contributed by atoms with E-state index in [2.05, 4.69) is 30.6 Å². The number of benzene rings is 2. The van der Waals surface area contributed by atoms with E-state index in [1.54, 1.807) is 17.9 Å². The van der Waals surface area contributed by atoms with Crippen LogP contribution in [0.15, 0.2) is 42.6 Å². The molecule has 0 spiro atoms. The van der Waals surface area contributed by atoms with Gasteiger partial charge < -0.3 is 20.7 Å². The van der Waals surface area contributed by atoms with Gasteiger partial charge in [0.25, 0.3) is 0 Å². The Labute approximate surface area is 236 Å². The van der Waals surface area contributed by atoms with Crippen LogP contribution < -0.4 is 16.0 Å². The van der Waals surface area contributed by atoms with E-state index in [9.17, 15) is 26.7 Å². The zero-order chi connectivity index (χ0) is 29.9. The minimum atomic E-state index is -4.73. The molecule has 5 rings (SSSR count). The topological polar surface area (TPSA) is 109 Å². The first-order valence-electron chi connectivity index (χ1n) is 13.1. The molecule has 0 saturated carbocycles. The van der Waals surface area contributed by atoms with Gasteiger partial charge in [-0.3, -0.25) is 4.90 Å². The second kappa shape index (κ2) is 12.2. The second-order valence-electron chi connectivity index (χ2n) is 9.60. The van der Waals surface area contributed by atoms with Gasteiger partial charge in [0.1, 0.15) is 17.3 Å². The molecule has 1 aliphatic rings. The van der Waals surface area contributed by atoms with Crippen molar-refractivity contribution in [2.24, 2.45) is 7.05 Å². The molecule has 3 N–H and O–H groups in total. The van der Waals surface area contributed by atoms with Crippen LogP contribution in [0.5, 0.6) is 0 Å². The number of hydrogen-bond donors (Lipinski definition) is 3. The van der Waals surface area contributed by atoms with Crippen molar-refractivity contribution in [3.8, 4) is 11.3 Å². The molecule has 0 aliphatic carbocycles. The number of aryl methyl sites for hydroxylation is 1. The molecule has 2 aromatic heterocycles. The van der Waals surface area contributed by atoms with E-state index in [4.69, 9.17) is 4.74 Å². The van der Waals surface area contributed by atoms with Crippen molar-refractivity contribution in [2.75, 3.05) is 55.3 Å². The van der Waals surface area contributed by atoms with Crippen LogP contribution in [0.4, 0.5) is 44.1 Å². The number of aromatic nitrogens is 4. The van der Waals surface area contributed by atoms with Gasteiger partial charge in [0, 0.05) is 38.4 Å². The van der Waals surface area contributed by atoms with Crippen molar-refractivity contribution < 1.29 is 31.5 Å². The number of amides is 2. The molecule has 3 heterocycles. The number of anilines is 3. The highest BCUT2D eigenvalue weighted by atomic mass is 19.4. The van der Waals surface area contributed by atoms with Gasteiger partial charge in [0.05, 0.1) is 35.5 Å². The molecule has 1 aliphatic heterocycles. The molecule has 10 nitrogen and oxygen atoms in total. The van der Waals surface area contributed by atoms with Gasteiger partial charge >= 0.3 is 12.2 Å². The molecule has 42 heavy (non-hydrogen) atoms. The summed E-state index contributed by atoms with van der Waals surface area (Å²) in [6.07, 6.45) is -2.23. The van der Waals surface area contributed by atoms with Crippen LogP contribution in [-0.2, 0) is 18.0 Å². The predicted molar refractivity (Wildman–Crippen MR) is 146 cm³/mol. The van der Waals surface area contributed by atoms with E-state index in [0.717, 1.165) is 45.3 Å². The number of hydrogen-bond acceptors (Lipinski definition) is 7. The van der Waals surface area contributed by atoms with Crippen molar-refractivity contribution >= 4 is 34.4 Å². The summed E-state index contributed by atoms with van der Waals surface area (Å²) in [5.74, 6) is -1.48. The summed E-state index contributed by atoms with van der Waals surface area (Å²) in [6, 6.07) is 4.37. The van der Waals surface area contributed by atoms with Crippen molar-refractivity contribution in [2.45, 2.75) is 12.6 Å². The Kier molecular flexibility index (Phi) is 8.49. The van der Waals surface area contributed by atoms with E-state index in [0.29, 0.717) is 53.0 Å². The highest BCUT2D eigenvalue weighted by molar-refractivity contribution is 6.00. The number of rotatable bonds is 8. The summed E-state index contributed by atoms with van der Waals surface area (Å²) >= 11 is 0. The molecule has 222 valence electrons. The molecule has 15 heteroatoms. The maximum Gasteiger partial charge on any atom is 0.416 e. The predicted octanol–water partition coefficient (Wildman–Crippen LogP) is 5.11. The Morgan fingerprint density at radius 2 is 1.79 bits per heavy atom. The van der Waals surface area contributed by atoms with Crippen molar-refractivity contribution in [3.63, 3.8) is 0 Å². The second-order valence-corrected chi connectivity index (χ2v) is 9.60. The van der Waals surface area contributed by atoms with E-state index in [-0.39, 0.29) is 5.69 Å². The molecule has 1 saturated heterocycles. The number of morpholine rings is 1. The average molecular weight is 591 g/mol. The molecular formula is C27H27F5N8O2. The number of ether oxygens (including phenoxy) is 1. The highest BCUT2D eigenvalue weighted by Gasteiger charge is 2.31. The normalized spacial score (nSPS) is 14.2. The number of nitrogens with one attached hydrogen (secondary N) is 3. The third-order valence-electron chi connectivity index (χ3n) is 6.65. The molecule has 2 aromatic carbocycles. The summed E-state index contributed by atoms with van der Waals surface area (Å²) in [5.41, 5.74) is -0.808. The Morgan fingerprint density at radius 1 is 1.02 bits per heavy atom. The van der Waals surface area contributed by atoms with Gasteiger partial charge in [0.15, 0.2) is 5.65 Å². The quantitative estimate of drug-likeness (QED) is 0.193. The van der Waals surface area contributed by atoms with Gasteiger partial charge in [0.2, 0.25) is 5.95 Å². The number of carbonyl (C=O) groups excluding carboxylic acids is 1. The van der Waals surface area contributed by atoms with Gasteiger partial charge in [-0.15, -0.1) is 0 Å². The zero-order valence-corrected chi connectivity index (χ0v) is 22.4. The van der Waals surface area contributed by atoms with Gasteiger partial charge in [-0.05, 0) is 43.3 Å². The molecule has 1 fully saturated rings. The molecule has 0 bridgehead atoms. The molecular weight excluding hydrogens is 563 g/mol. The lowest BCUT2D eigenvalue weighted by Gasteiger charge is -2.26. The third kappa shape index (κ3) is 6.74. The van der Waals surface area contributed by atoms with Crippen LogP contribution in [0.2, 0.25) is 0 Å². The monoisotopic (exact) mass is 590 g/mol. The van der Waals surface area contributed by atoms with Crippen LogP contribution in [-0.4, -0.2) is 70.1 Å². The van der Waals surface area contributed by atoms with Crippen molar-refractivity contribution in [1.82, 2.24) is 24.6 Å². The summed E-state index contributed by atoms with van der Waals surface area (Å²) in [5, 5.41) is 12.4. The minimum absolute atomic E-state index is 0.274. The SMILES string of the molecule is Cn1nc(-c2ccc(NC(=O)Nc3cc(C(F)(F)F)ccc3F)c(F)c2)c2cnc(NCCCN3CCOCC3)nc21. The number of halogens is 5. The van der Waals surface area contributed by atoms with Gasteiger partial charge in [-0.1, -0.05) is 6.07 Å². The smallest absolute Gasteiger partial charge is 0.379 e. The average Bonchev–Trinajstić information content (AvgIpc) is 3.29. The number of urea groups is 1. The van der Waals surface area contributed by atoms with Crippen LogP contribution >= 0.6 is 0 Å². The largest absolute Gasteiger partial charge is 0.416 e. The first-order valence-corrected chi connectivity index (χ1v) is 13.1. The maximum absolute atomic E-state index is 15.0. The maximum atomic E-state index is 15.0. The van der Waals surface area contributed by atoms with Crippen LogP contribution in [0.1, 0.15) is 12.0 Å². The first-order chi connectivity index (χ1) is 20.1. The fourth-order valence-corrected chi connectivity index (χ4v) is 4.50. The van der Waals surface area contributed by atoms with E-state index >= 15 is 0 Å². The molecule has 0 radical (unpaired) electrons. The Morgan fingerprint density at radius 3 is 2.52 bits per heavy atom. The summed E-state index contributed by atoms with van der Waals surface area (Å²) in [4.78, 5) is 23.5. The van der Waals surface area contributed by atoms with Crippen LogP contribution in [0, 0.1) is 11.6 Å². The van der Waals surface area contributed by atoms with Crippen LogP contribution in [0.3, 0.4) is 0 Å². The van der Waals surface area contributed by atoms with Gasteiger partial charge in [-0.25, -0.2) is 23.2 Å². The van der Waals surface area contributed by atoms with Crippen molar-refractivity contribution in [3.05, 3.63) is 59.8 Å². The lowest BCUT2D eigenvalue weighted by atomic mass is 10.1. The zero-order valence-electron chi connectivity index (χ0n) is 22.4. The fraction of sp³-hybridized carbons (Fsp3) is 0.333. The molecule has 2 amide bonds. The van der Waals surface area contributed by atoms with E-state index < -0.39 is 35.1 Å². The fourth-order valence-electron chi connectivity index (χ4n) is 4.50. The Hall–Kier alpha value is -4.37. The Bertz CT molecular complexity index is 1590. The Balaban J connectivity index is 1.24. The number of fused-ring (bicyclic) bond motifs is 1. The number of carbonyl (C=O) groups is 1. The molecule has 4 aromatic rings. The third-order valence-corrected chi connectivity index (χ3v) is 6.65. The minimum Gasteiger partial charge on any atom is -0.379 e. The van der Waals surface area contributed by atoms with Crippen LogP contribution in [0.25, 0.3) is 22.3 Å². The lowest BCUT2D eigenvalue weighted by molar-refractivity contribution is -0.137. The number of alkyl halides is 3. The highest BCUT2D eigenvalue weighted by Crippen LogP contribution is 2.32. The summed E-state index contributed by atoms with van der Waals surface area (Å²) in [6.45, 7) is 4.96. The summed E-state index contributed by atoms with van der Waals surface area (Å²) < 4.78 is 74.6. The van der Waals surface area contributed by atoms with E-state index in [1.807, 2.05) is 5.32 Å². The standard InChI is InChI=1S/C27H27F5N8O2/c1-39-24-18(15-34-25(37-24)33-7-2-8-40-9-11-42-12-10-40)23(38-39)16-3-6-21(20(29)13-16)35-26(41)36-22-14-17(27(30,31)32)4-5-19(22)28/h3-6,13-15H,2,7-12H2,1H3,(H,33,34,37)(H2,35,36,41). The molecule has 0 atom stereocenters. The first kappa shape index (κ1) is 29.1. The lowest BCUT2D eigenvalue weighted by Crippen LogP contribution is -2.37. The number of nitrogens with zero attached hydrogens (tertiary/aromatic N) is 5.